The van der Waals surface area contributed by atoms with Crippen LogP contribution in [0.1, 0.15) is 23.9 Å². The maximum absolute atomic E-state index is 5.42. The van der Waals surface area contributed by atoms with Gasteiger partial charge in [-0.05, 0) is 68.3 Å². The number of aromatic amines is 1. The minimum Gasteiger partial charge on any atom is -0.361 e. The van der Waals surface area contributed by atoms with Gasteiger partial charge in [-0.2, -0.15) is 0 Å². The van der Waals surface area contributed by atoms with Gasteiger partial charge in [-0.1, -0.05) is 29.4 Å². The number of aryl methyl sites for hydroxylation is 3. The van der Waals surface area contributed by atoms with Gasteiger partial charge in [0.15, 0.2) is 0 Å². The molecule has 0 atom stereocenters. The highest BCUT2D eigenvalue weighted by molar-refractivity contribution is 6.09. The molecule has 3 aromatic carbocycles. The van der Waals surface area contributed by atoms with Crippen LogP contribution in [-0.2, 0) is 13.1 Å². The number of nitrogens with one attached hydrogen (secondary N) is 2. The van der Waals surface area contributed by atoms with Crippen molar-refractivity contribution in [3.8, 4) is 11.1 Å². The highest BCUT2D eigenvalue weighted by Crippen LogP contribution is 2.35. The topological polar surface area (TPSA) is 71.7 Å². The highest BCUT2D eigenvalue weighted by atomic mass is 16.5. The van der Waals surface area contributed by atoms with Crippen molar-refractivity contribution in [3.63, 3.8) is 0 Å². The molecular formula is C27H25N5O. The van der Waals surface area contributed by atoms with E-state index < -0.39 is 0 Å². The summed E-state index contributed by atoms with van der Waals surface area (Å²) in [5.74, 6) is 1.63. The first kappa shape index (κ1) is 19.6. The van der Waals surface area contributed by atoms with Crippen molar-refractivity contribution in [2.45, 2.75) is 33.9 Å². The highest BCUT2D eigenvalue weighted by Gasteiger charge is 2.15. The molecule has 6 rings (SSSR count). The largest absolute Gasteiger partial charge is 0.361 e. The van der Waals surface area contributed by atoms with Crippen LogP contribution >= 0.6 is 0 Å². The minimum atomic E-state index is 0.693. The molecule has 0 aliphatic carbocycles. The molecule has 0 unspecified atom stereocenters. The van der Waals surface area contributed by atoms with Crippen LogP contribution in [0.2, 0.25) is 0 Å². The molecule has 0 amide bonds. The lowest BCUT2D eigenvalue weighted by molar-refractivity contribution is 0.393. The molecule has 0 fully saturated rings. The third kappa shape index (κ3) is 3.18. The van der Waals surface area contributed by atoms with Crippen LogP contribution < -0.4 is 5.32 Å². The summed E-state index contributed by atoms with van der Waals surface area (Å²) >= 11 is 0. The van der Waals surface area contributed by atoms with E-state index in [9.17, 15) is 0 Å². The molecule has 3 aromatic heterocycles. The summed E-state index contributed by atoms with van der Waals surface area (Å²) in [6.07, 6.45) is 0. The van der Waals surface area contributed by atoms with Crippen LogP contribution in [0.5, 0.6) is 0 Å². The smallest absolute Gasteiger partial charge is 0.201 e. The first-order valence-corrected chi connectivity index (χ1v) is 11.3. The van der Waals surface area contributed by atoms with Gasteiger partial charge in [0.2, 0.25) is 5.95 Å². The molecule has 0 radical (unpaired) electrons. The van der Waals surface area contributed by atoms with Crippen molar-refractivity contribution in [1.82, 2.24) is 19.7 Å². The molecule has 6 aromatic rings. The first-order valence-electron chi connectivity index (χ1n) is 11.3. The Bertz CT molecular complexity index is 1580. The van der Waals surface area contributed by atoms with E-state index in [0.717, 1.165) is 46.1 Å². The summed E-state index contributed by atoms with van der Waals surface area (Å²) in [6, 6.07) is 21.4. The standard InChI is InChI=1S/C27H25N5O/c1-4-32-24-11-9-18(15-28-27-29-22-7-5-6-8-23(22)30-27)13-20(24)21-14-19(10-12-25(21)32)26-16(2)31-33-17(26)3/h5-14H,4,15H2,1-3H3,(H2,28,29,30). The summed E-state index contributed by atoms with van der Waals surface area (Å²) in [4.78, 5) is 7.97. The van der Waals surface area contributed by atoms with E-state index >= 15 is 0 Å². The van der Waals surface area contributed by atoms with Gasteiger partial charge in [-0.15, -0.1) is 0 Å². The summed E-state index contributed by atoms with van der Waals surface area (Å²) in [7, 11) is 0. The monoisotopic (exact) mass is 435 g/mol. The van der Waals surface area contributed by atoms with Crippen molar-refractivity contribution >= 4 is 38.8 Å². The molecule has 2 N–H and O–H groups in total. The van der Waals surface area contributed by atoms with Crippen LogP contribution in [0, 0.1) is 13.8 Å². The second kappa shape index (κ2) is 7.52. The maximum atomic E-state index is 5.42. The maximum Gasteiger partial charge on any atom is 0.201 e. The normalized spacial score (nSPS) is 11.7. The molecule has 3 heterocycles. The second-order valence-electron chi connectivity index (χ2n) is 8.48. The van der Waals surface area contributed by atoms with Crippen LogP contribution in [0.4, 0.5) is 5.95 Å². The van der Waals surface area contributed by atoms with Gasteiger partial charge >= 0.3 is 0 Å². The number of hydrogen-bond donors (Lipinski definition) is 2. The molecule has 0 saturated heterocycles. The zero-order chi connectivity index (χ0) is 22.5. The number of imidazole rings is 1. The third-order valence-corrected chi connectivity index (χ3v) is 6.42. The summed E-state index contributed by atoms with van der Waals surface area (Å²) < 4.78 is 7.79. The second-order valence-corrected chi connectivity index (χ2v) is 8.48. The Morgan fingerprint density at radius 3 is 2.52 bits per heavy atom. The number of anilines is 1. The molecular weight excluding hydrogens is 410 g/mol. The van der Waals surface area contributed by atoms with E-state index in [1.165, 1.54) is 27.4 Å². The Morgan fingerprint density at radius 1 is 0.970 bits per heavy atom. The van der Waals surface area contributed by atoms with Gasteiger partial charge in [0, 0.05) is 40.5 Å². The quantitative estimate of drug-likeness (QED) is 0.321. The number of para-hydroxylation sites is 2. The summed E-state index contributed by atoms with van der Waals surface area (Å²) in [5.41, 5.74) is 8.84. The molecule has 6 heteroatoms. The first-order chi connectivity index (χ1) is 16.1. The van der Waals surface area contributed by atoms with Crippen molar-refractivity contribution in [3.05, 3.63) is 77.7 Å². The number of H-pyrrole nitrogens is 1. The van der Waals surface area contributed by atoms with E-state index in [2.05, 4.69) is 68.3 Å². The summed E-state index contributed by atoms with van der Waals surface area (Å²) in [5, 5.41) is 10.1. The van der Waals surface area contributed by atoms with Gasteiger partial charge in [0.1, 0.15) is 5.76 Å². The van der Waals surface area contributed by atoms with Gasteiger partial charge < -0.3 is 19.4 Å². The SMILES string of the molecule is CCn1c2ccc(CNc3nc4ccccc4[nH]3)cc2c2cc(-c3c(C)noc3C)ccc21. The van der Waals surface area contributed by atoms with Gasteiger partial charge in [-0.25, -0.2) is 4.98 Å². The van der Waals surface area contributed by atoms with Crippen molar-refractivity contribution < 1.29 is 4.52 Å². The third-order valence-electron chi connectivity index (χ3n) is 6.42. The minimum absolute atomic E-state index is 0.693. The number of fused-ring (bicyclic) bond motifs is 4. The molecule has 0 aliphatic rings. The van der Waals surface area contributed by atoms with E-state index in [-0.39, 0.29) is 0 Å². The lowest BCUT2D eigenvalue weighted by Gasteiger charge is -2.05. The number of hydrogen-bond acceptors (Lipinski definition) is 4. The van der Waals surface area contributed by atoms with E-state index in [0.29, 0.717) is 6.54 Å². The Morgan fingerprint density at radius 2 is 1.76 bits per heavy atom. The average Bonchev–Trinajstić information content (AvgIpc) is 3.49. The van der Waals surface area contributed by atoms with Crippen LogP contribution in [0.25, 0.3) is 44.0 Å². The Labute approximate surface area is 191 Å². The zero-order valence-electron chi connectivity index (χ0n) is 18.9. The van der Waals surface area contributed by atoms with Gasteiger partial charge in [-0.3, -0.25) is 0 Å². The predicted molar refractivity (Wildman–Crippen MR) is 134 cm³/mol. The Hall–Kier alpha value is -4.06. The molecule has 0 saturated carbocycles. The van der Waals surface area contributed by atoms with Gasteiger partial charge in [0.25, 0.3) is 0 Å². The fourth-order valence-corrected chi connectivity index (χ4v) is 4.87. The molecule has 6 nitrogen and oxygen atoms in total. The van der Waals surface area contributed by atoms with Gasteiger partial charge in [0.05, 0.1) is 16.7 Å². The van der Waals surface area contributed by atoms with E-state index in [4.69, 9.17) is 4.52 Å². The number of rotatable bonds is 5. The molecule has 0 bridgehead atoms. The molecule has 164 valence electrons. The van der Waals surface area contributed by atoms with E-state index in [1.54, 1.807) is 0 Å². The number of aromatic nitrogens is 4. The lowest BCUT2D eigenvalue weighted by Crippen LogP contribution is -2.01. The van der Waals surface area contributed by atoms with E-state index in [1.807, 2.05) is 38.1 Å². The Balaban J connectivity index is 1.41. The van der Waals surface area contributed by atoms with Crippen molar-refractivity contribution in [2.24, 2.45) is 0 Å². The summed E-state index contributed by atoms with van der Waals surface area (Å²) in [6.45, 7) is 7.77. The van der Waals surface area contributed by atoms with Crippen molar-refractivity contribution in [1.29, 1.82) is 0 Å². The van der Waals surface area contributed by atoms with Crippen LogP contribution in [-0.4, -0.2) is 19.7 Å². The number of nitrogens with zero attached hydrogens (tertiary/aromatic N) is 3. The fraction of sp³-hybridized carbons (Fsp3) is 0.185. The Kier molecular flexibility index (Phi) is 4.47. The predicted octanol–water partition coefficient (Wildman–Crippen LogP) is 6.57. The molecule has 0 aliphatic heterocycles. The number of benzene rings is 3. The zero-order valence-corrected chi connectivity index (χ0v) is 18.9. The lowest BCUT2D eigenvalue weighted by atomic mass is 10.0. The molecule has 0 spiro atoms. The van der Waals surface area contributed by atoms with Crippen LogP contribution in [0.15, 0.2) is 65.2 Å². The molecule has 33 heavy (non-hydrogen) atoms. The van der Waals surface area contributed by atoms with Crippen molar-refractivity contribution in [2.75, 3.05) is 5.32 Å². The fourth-order valence-electron chi connectivity index (χ4n) is 4.87. The average molecular weight is 436 g/mol. The van der Waals surface area contributed by atoms with Crippen LogP contribution in [0.3, 0.4) is 0 Å².